The van der Waals surface area contributed by atoms with Crippen molar-refractivity contribution in [2.24, 2.45) is 0 Å². The van der Waals surface area contributed by atoms with Gasteiger partial charge in [0.1, 0.15) is 0 Å². The Kier molecular flexibility index (Phi) is 3.85. The van der Waals surface area contributed by atoms with Gasteiger partial charge >= 0.3 is 6.03 Å². The molecule has 23 heavy (non-hydrogen) atoms. The Bertz CT molecular complexity index is 688. The molecule has 0 radical (unpaired) electrons. The molecule has 2 bridgehead atoms. The highest BCUT2D eigenvalue weighted by Crippen LogP contribution is 2.41. The molecule has 4 rings (SSSR count). The highest BCUT2D eigenvalue weighted by molar-refractivity contribution is 9.10. The minimum absolute atomic E-state index is 0.0313. The molecule has 6 heteroatoms. The van der Waals surface area contributed by atoms with Crippen molar-refractivity contribution in [2.75, 3.05) is 5.32 Å². The Morgan fingerprint density at radius 2 is 1.83 bits per heavy atom. The zero-order valence-electron chi connectivity index (χ0n) is 12.7. The first-order chi connectivity index (χ1) is 11.2. The highest BCUT2D eigenvalue weighted by Gasteiger charge is 2.44. The molecule has 2 atom stereocenters. The van der Waals surface area contributed by atoms with Crippen LogP contribution in [0.2, 0.25) is 0 Å². The van der Waals surface area contributed by atoms with Crippen molar-refractivity contribution in [3.63, 3.8) is 0 Å². The molecule has 1 aromatic heterocycles. The Morgan fingerprint density at radius 3 is 2.43 bits per heavy atom. The van der Waals surface area contributed by atoms with Crippen LogP contribution in [-0.2, 0) is 0 Å². The number of amides is 2. The monoisotopic (exact) mass is 374 g/mol. The molecule has 2 aromatic rings. The second-order valence-corrected chi connectivity index (χ2v) is 7.27. The van der Waals surface area contributed by atoms with Gasteiger partial charge in [0.2, 0.25) is 0 Å². The molecule has 5 nitrogen and oxygen atoms in total. The van der Waals surface area contributed by atoms with Crippen LogP contribution >= 0.6 is 15.9 Å². The van der Waals surface area contributed by atoms with E-state index in [0.29, 0.717) is 18.1 Å². The highest BCUT2D eigenvalue weighted by atomic mass is 79.9. The van der Waals surface area contributed by atoms with E-state index in [1.54, 1.807) is 0 Å². The number of anilines is 1. The fraction of sp³-hybridized carbons (Fsp3) is 0.412. The first-order valence-corrected chi connectivity index (χ1v) is 8.84. The lowest BCUT2D eigenvalue weighted by Crippen LogP contribution is -2.48. The van der Waals surface area contributed by atoms with Gasteiger partial charge in [-0.15, -0.1) is 0 Å². The van der Waals surface area contributed by atoms with Gasteiger partial charge in [-0.1, -0.05) is 18.2 Å². The summed E-state index contributed by atoms with van der Waals surface area (Å²) in [6.07, 6.45) is 8.00. The smallest absolute Gasteiger partial charge is 0.318 e. The van der Waals surface area contributed by atoms with Crippen molar-refractivity contribution in [1.29, 1.82) is 0 Å². The molecule has 2 aliphatic heterocycles. The number of piperidine rings is 1. The predicted octanol–water partition coefficient (Wildman–Crippen LogP) is 4.05. The fourth-order valence-electron chi connectivity index (χ4n) is 3.92. The van der Waals surface area contributed by atoms with E-state index in [4.69, 9.17) is 0 Å². The second-order valence-electron chi connectivity index (χ2n) is 6.35. The van der Waals surface area contributed by atoms with Crippen molar-refractivity contribution in [3.05, 3.63) is 47.2 Å². The number of fused-ring (bicyclic) bond motifs is 2. The van der Waals surface area contributed by atoms with Gasteiger partial charge in [0.15, 0.2) is 0 Å². The third-order valence-corrected chi connectivity index (χ3v) is 5.32. The molecule has 0 aliphatic carbocycles. The third kappa shape index (κ3) is 2.87. The molecule has 2 saturated heterocycles. The van der Waals surface area contributed by atoms with Crippen LogP contribution in [0.5, 0.6) is 0 Å². The summed E-state index contributed by atoms with van der Waals surface area (Å²) in [5.41, 5.74) is 0.857. The van der Waals surface area contributed by atoms with E-state index in [9.17, 15) is 4.79 Å². The number of hydrogen-bond acceptors (Lipinski definition) is 2. The lowest BCUT2D eigenvalue weighted by atomic mass is 9.98. The van der Waals surface area contributed by atoms with Gasteiger partial charge in [-0.3, -0.25) is 4.68 Å². The topological polar surface area (TPSA) is 50.2 Å². The number of benzene rings is 1. The van der Waals surface area contributed by atoms with Crippen LogP contribution in [0.4, 0.5) is 10.5 Å². The minimum Gasteiger partial charge on any atom is -0.318 e. The van der Waals surface area contributed by atoms with E-state index < -0.39 is 0 Å². The number of nitrogens with zero attached hydrogens (tertiary/aromatic N) is 3. The van der Waals surface area contributed by atoms with Gasteiger partial charge in [-0.2, -0.15) is 5.10 Å². The van der Waals surface area contributed by atoms with Gasteiger partial charge in [-0.05, 0) is 53.7 Å². The number of aromatic nitrogens is 2. The number of carbonyl (C=O) groups is 1. The van der Waals surface area contributed by atoms with Crippen LogP contribution in [0.15, 0.2) is 47.2 Å². The molecule has 0 spiro atoms. The van der Waals surface area contributed by atoms with Crippen molar-refractivity contribution < 1.29 is 4.79 Å². The molecule has 3 heterocycles. The quantitative estimate of drug-likeness (QED) is 0.861. The zero-order valence-corrected chi connectivity index (χ0v) is 14.3. The lowest BCUT2D eigenvalue weighted by molar-refractivity contribution is 0.129. The number of carbonyl (C=O) groups excluding carboxylic acids is 1. The summed E-state index contributed by atoms with van der Waals surface area (Å²) in [6.45, 7) is 0. The summed E-state index contributed by atoms with van der Waals surface area (Å²) < 4.78 is 3.05. The number of urea groups is 1. The number of halogens is 1. The van der Waals surface area contributed by atoms with Crippen LogP contribution in [0.3, 0.4) is 0 Å². The summed E-state index contributed by atoms with van der Waals surface area (Å²) in [5, 5.41) is 7.45. The first-order valence-electron chi connectivity index (χ1n) is 8.05. The molecule has 1 N–H and O–H groups in total. The Hall–Kier alpha value is -1.82. The molecular weight excluding hydrogens is 356 g/mol. The van der Waals surface area contributed by atoms with Gasteiger partial charge in [-0.25, -0.2) is 4.79 Å². The summed E-state index contributed by atoms with van der Waals surface area (Å²) in [7, 11) is 0. The zero-order chi connectivity index (χ0) is 15.8. The lowest BCUT2D eigenvalue weighted by Gasteiger charge is -2.38. The Labute approximate surface area is 143 Å². The predicted molar refractivity (Wildman–Crippen MR) is 92.3 cm³/mol. The molecule has 120 valence electrons. The van der Waals surface area contributed by atoms with Crippen molar-refractivity contribution in [2.45, 2.75) is 43.8 Å². The third-order valence-electron chi connectivity index (χ3n) is 4.91. The number of para-hydroxylation sites is 1. The van der Waals surface area contributed by atoms with E-state index in [-0.39, 0.29) is 6.03 Å². The van der Waals surface area contributed by atoms with E-state index in [1.807, 2.05) is 47.4 Å². The minimum atomic E-state index is 0.0313. The summed E-state index contributed by atoms with van der Waals surface area (Å²) in [4.78, 5) is 14.7. The Morgan fingerprint density at radius 1 is 1.13 bits per heavy atom. The van der Waals surface area contributed by atoms with Crippen LogP contribution < -0.4 is 5.32 Å². The van der Waals surface area contributed by atoms with Gasteiger partial charge in [0.05, 0.1) is 16.7 Å². The first kappa shape index (κ1) is 14.8. The number of hydrogen-bond donors (Lipinski definition) is 1. The van der Waals surface area contributed by atoms with Crippen molar-refractivity contribution >= 4 is 27.6 Å². The second kappa shape index (κ2) is 6.00. The van der Waals surface area contributed by atoms with E-state index in [2.05, 4.69) is 31.2 Å². The maximum Gasteiger partial charge on any atom is 0.322 e. The van der Waals surface area contributed by atoms with Crippen LogP contribution in [-0.4, -0.2) is 32.8 Å². The van der Waals surface area contributed by atoms with E-state index >= 15 is 0 Å². The Balaban J connectivity index is 1.47. The largest absolute Gasteiger partial charge is 0.322 e. The molecule has 2 unspecified atom stereocenters. The van der Waals surface area contributed by atoms with Crippen LogP contribution in [0.25, 0.3) is 0 Å². The standard InChI is InChI=1S/C17H19BrN4O/c18-12-10-19-21(11-12)16-8-14-6-7-15(9-16)22(14)17(23)20-13-4-2-1-3-5-13/h1-5,10-11,14-16H,6-9H2,(H,20,23). The molecule has 0 saturated carbocycles. The normalized spacial score (nSPS) is 26.3. The summed E-state index contributed by atoms with van der Waals surface area (Å²) in [5.74, 6) is 0. The molecule has 2 aliphatic rings. The molecule has 2 fully saturated rings. The molecule has 2 amide bonds. The summed E-state index contributed by atoms with van der Waals surface area (Å²) in [6, 6.07) is 10.7. The molecular formula is C17H19BrN4O. The maximum absolute atomic E-state index is 12.7. The SMILES string of the molecule is O=C(Nc1ccccc1)N1C2CCC1CC(n1cc(Br)cn1)C2. The summed E-state index contributed by atoms with van der Waals surface area (Å²) >= 11 is 3.46. The van der Waals surface area contributed by atoms with E-state index in [1.165, 1.54) is 0 Å². The molecule has 1 aromatic carbocycles. The fourth-order valence-corrected chi connectivity index (χ4v) is 4.22. The van der Waals surface area contributed by atoms with Crippen LogP contribution in [0.1, 0.15) is 31.7 Å². The average molecular weight is 375 g/mol. The maximum atomic E-state index is 12.7. The van der Waals surface area contributed by atoms with Crippen LogP contribution in [0, 0.1) is 0 Å². The number of rotatable bonds is 2. The van der Waals surface area contributed by atoms with Crippen molar-refractivity contribution in [1.82, 2.24) is 14.7 Å². The van der Waals surface area contributed by atoms with E-state index in [0.717, 1.165) is 35.8 Å². The van der Waals surface area contributed by atoms with Gasteiger partial charge in [0, 0.05) is 24.0 Å². The number of nitrogens with one attached hydrogen (secondary N) is 1. The van der Waals surface area contributed by atoms with Gasteiger partial charge in [0.25, 0.3) is 0 Å². The average Bonchev–Trinajstić information content (AvgIpc) is 3.10. The van der Waals surface area contributed by atoms with Gasteiger partial charge < -0.3 is 10.2 Å². The van der Waals surface area contributed by atoms with Crippen molar-refractivity contribution in [3.8, 4) is 0 Å².